The van der Waals surface area contributed by atoms with E-state index in [1.54, 1.807) is 0 Å². The van der Waals surface area contributed by atoms with Crippen LogP contribution in [0.3, 0.4) is 0 Å². The van der Waals surface area contributed by atoms with Crippen molar-refractivity contribution in [2.75, 3.05) is 11.9 Å². The van der Waals surface area contributed by atoms with Gasteiger partial charge in [-0.15, -0.1) is 0 Å². The Morgan fingerprint density at radius 1 is 1.24 bits per heavy atom. The fraction of sp³-hybridized carbons (Fsp3) is 0.286. The summed E-state index contributed by atoms with van der Waals surface area (Å²) in [6.07, 6.45) is 2.36. The zero-order chi connectivity index (χ0) is 15.1. The first-order valence-corrected chi connectivity index (χ1v) is 6.55. The highest BCUT2D eigenvalue weighted by Crippen LogP contribution is 2.13. The number of hydrogen-bond donors (Lipinski definition) is 1. The predicted molar refractivity (Wildman–Crippen MR) is 77.8 cm³/mol. The molecule has 0 fully saturated rings. The van der Waals surface area contributed by atoms with Gasteiger partial charge in [-0.05, 0) is 18.1 Å². The van der Waals surface area contributed by atoms with Crippen LogP contribution >= 0.6 is 0 Å². The summed E-state index contributed by atoms with van der Waals surface area (Å²) in [7, 11) is 0. The first-order chi connectivity index (χ1) is 10.2. The summed E-state index contributed by atoms with van der Waals surface area (Å²) >= 11 is 0. The Morgan fingerprint density at radius 3 is 2.52 bits per heavy atom. The van der Waals surface area contributed by atoms with Crippen LogP contribution in [0.15, 0.2) is 36.7 Å². The fourth-order valence-corrected chi connectivity index (χ4v) is 1.76. The zero-order valence-corrected chi connectivity index (χ0v) is 11.7. The number of rotatable bonds is 7. The van der Waals surface area contributed by atoms with E-state index in [-0.39, 0.29) is 5.69 Å². The van der Waals surface area contributed by atoms with Gasteiger partial charge in [-0.2, -0.15) is 0 Å². The number of anilines is 1. The highest BCUT2D eigenvalue weighted by atomic mass is 16.6. The smallest absolute Gasteiger partial charge is 0.305 e. The van der Waals surface area contributed by atoms with Crippen LogP contribution < -0.4 is 5.32 Å². The van der Waals surface area contributed by atoms with Crippen molar-refractivity contribution in [2.45, 2.75) is 20.1 Å². The average Bonchev–Trinajstić information content (AvgIpc) is 2.52. The number of nitro groups is 1. The fourth-order valence-electron chi connectivity index (χ4n) is 1.76. The highest BCUT2D eigenvalue weighted by molar-refractivity contribution is 5.34. The summed E-state index contributed by atoms with van der Waals surface area (Å²) in [5.41, 5.74) is 2.04. The van der Waals surface area contributed by atoms with Crippen molar-refractivity contribution in [3.05, 3.63) is 57.9 Å². The summed E-state index contributed by atoms with van der Waals surface area (Å²) in [6, 6.07) is 7.90. The molecule has 1 aromatic carbocycles. The Balaban J connectivity index is 2.00. The topological polar surface area (TPSA) is 90.2 Å². The summed E-state index contributed by atoms with van der Waals surface area (Å²) < 4.78 is 5.42. The lowest BCUT2D eigenvalue weighted by Gasteiger charge is -2.10. The van der Waals surface area contributed by atoms with E-state index in [0.29, 0.717) is 25.7 Å². The van der Waals surface area contributed by atoms with Gasteiger partial charge in [-0.3, -0.25) is 10.1 Å². The maximum absolute atomic E-state index is 10.5. The van der Waals surface area contributed by atoms with Gasteiger partial charge in [-0.1, -0.05) is 24.3 Å². The van der Waals surface area contributed by atoms with E-state index in [9.17, 15) is 10.1 Å². The Morgan fingerprint density at radius 2 is 1.90 bits per heavy atom. The van der Waals surface area contributed by atoms with Crippen molar-refractivity contribution in [3.8, 4) is 0 Å². The molecular formula is C14H16N4O3. The van der Waals surface area contributed by atoms with E-state index < -0.39 is 4.92 Å². The third-order valence-electron chi connectivity index (χ3n) is 2.87. The second-order valence-electron chi connectivity index (χ2n) is 4.28. The number of hydrogen-bond acceptors (Lipinski definition) is 6. The number of benzene rings is 1. The molecule has 0 bridgehead atoms. The largest absolute Gasteiger partial charge is 0.377 e. The van der Waals surface area contributed by atoms with E-state index in [1.165, 1.54) is 12.4 Å². The van der Waals surface area contributed by atoms with E-state index in [1.807, 2.05) is 31.2 Å². The van der Waals surface area contributed by atoms with E-state index >= 15 is 0 Å². The molecule has 110 valence electrons. The van der Waals surface area contributed by atoms with Crippen LogP contribution in [-0.2, 0) is 17.9 Å². The number of nitrogens with one attached hydrogen (secondary N) is 1. The molecule has 0 saturated heterocycles. The Kier molecular flexibility index (Phi) is 5.16. The Hall–Kier alpha value is -2.54. The molecule has 0 saturated carbocycles. The molecule has 2 aromatic rings. The molecule has 0 atom stereocenters. The molecule has 0 amide bonds. The minimum absolute atomic E-state index is 0.128. The quantitative estimate of drug-likeness (QED) is 0.622. The number of ether oxygens (including phenoxy) is 1. The minimum Gasteiger partial charge on any atom is -0.377 e. The maximum atomic E-state index is 10.5. The van der Waals surface area contributed by atoms with Crippen LogP contribution in [0.25, 0.3) is 0 Å². The second-order valence-corrected chi connectivity index (χ2v) is 4.28. The molecule has 7 heteroatoms. The molecule has 7 nitrogen and oxygen atoms in total. The van der Waals surface area contributed by atoms with Gasteiger partial charge in [0.05, 0.1) is 11.5 Å². The lowest BCUT2D eigenvalue weighted by atomic mass is 10.1. The van der Waals surface area contributed by atoms with Gasteiger partial charge in [0, 0.05) is 13.2 Å². The lowest BCUT2D eigenvalue weighted by Crippen LogP contribution is -2.07. The molecule has 0 aliphatic carbocycles. The van der Waals surface area contributed by atoms with Gasteiger partial charge in [0.1, 0.15) is 12.4 Å². The molecule has 0 spiro atoms. The van der Waals surface area contributed by atoms with Crippen LogP contribution in [0.5, 0.6) is 0 Å². The van der Waals surface area contributed by atoms with Gasteiger partial charge >= 0.3 is 5.69 Å². The van der Waals surface area contributed by atoms with E-state index in [0.717, 1.165) is 11.1 Å². The normalized spacial score (nSPS) is 10.3. The van der Waals surface area contributed by atoms with E-state index in [4.69, 9.17) is 4.74 Å². The minimum atomic E-state index is -0.527. The van der Waals surface area contributed by atoms with Crippen molar-refractivity contribution >= 4 is 11.6 Å². The maximum Gasteiger partial charge on any atom is 0.305 e. The van der Waals surface area contributed by atoms with Gasteiger partial charge in [0.2, 0.25) is 5.95 Å². The van der Waals surface area contributed by atoms with Crippen molar-refractivity contribution in [1.82, 2.24) is 9.97 Å². The molecule has 0 unspecified atom stereocenters. The van der Waals surface area contributed by atoms with Crippen LogP contribution in [0.2, 0.25) is 0 Å². The molecule has 0 radical (unpaired) electrons. The molecule has 2 rings (SSSR count). The molecule has 0 aliphatic rings. The summed E-state index contributed by atoms with van der Waals surface area (Å²) in [4.78, 5) is 17.8. The lowest BCUT2D eigenvalue weighted by molar-refractivity contribution is -0.385. The first-order valence-electron chi connectivity index (χ1n) is 6.55. The molecular weight excluding hydrogens is 272 g/mol. The van der Waals surface area contributed by atoms with Gasteiger partial charge < -0.3 is 10.1 Å². The second kappa shape index (κ2) is 7.30. The molecule has 1 N–H and O–H groups in total. The van der Waals surface area contributed by atoms with Crippen LogP contribution in [0.4, 0.5) is 11.6 Å². The summed E-state index contributed by atoms with van der Waals surface area (Å²) in [6.45, 7) is 3.69. The van der Waals surface area contributed by atoms with Crippen molar-refractivity contribution in [3.63, 3.8) is 0 Å². The SMILES string of the molecule is CCOCc1ccccc1CNc1ncc([N+](=O)[O-])cn1. The average molecular weight is 288 g/mol. The van der Waals surface area contributed by atoms with E-state index in [2.05, 4.69) is 15.3 Å². The molecule has 1 heterocycles. The monoisotopic (exact) mass is 288 g/mol. The summed E-state index contributed by atoms with van der Waals surface area (Å²) in [5.74, 6) is 0.354. The van der Waals surface area contributed by atoms with Crippen molar-refractivity contribution < 1.29 is 9.66 Å². The number of nitrogens with zero attached hydrogens (tertiary/aromatic N) is 3. The predicted octanol–water partition coefficient (Wildman–Crippen LogP) is 2.53. The Bertz CT molecular complexity index is 601. The van der Waals surface area contributed by atoms with Crippen molar-refractivity contribution in [2.24, 2.45) is 0 Å². The van der Waals surface area contributed by atoms with Crippen LogP contribution in [0, 0.1) is 10.1 Å². The third-order valence-corrected chi connectivity index (χ3v) is 2.87. The third kappa shape index (κ3) is 4.22. The molecule has 21 heavy (non-hydrogen) atoms. The van der Waals surface area contributed by atoms with Crippen LogP contribution in [-0.4, -0.2) is 21.5 Å². The summed E-state index contributed by atoms with van der Waals surface area (Å²) in [5, 5.41) is 13.6. The number of aromatic nitrogens is 2. The van der Waals surface area contributed by atoms with Gasteiger partial charge in [0.15, 0.2) is 0 Å². The molecule has 1 aromatic heterocycles. The van der Waals surface area contributed by atoms with Crippen molar-refractivity contribution in [1.29, 1.82) is 0 Å². The first kappa shape index (κ1) is 14.9. The standard InChI is InChI=1S/C14H16N4O3/c1-2-21-10-12-6-4-3-5-11(12)7-15-14-16-8-13(9-17-14)18(19)20/h3-6,8-9H,2,7,10H2,1H3,(H,15,16,17). The Labute approximate surface area is 122 Å². The zero-order valence-electron chi connectivity index (χ0n) is 11.7. The van der Waals surface area contributed by atoms with Gasteiger partial charge in [-0.25, -0.2) is 9.97 Å². The van der Waals surface area contributed by atoms with Crippen LogP contribution in [0.1, 0.15) is 18.1 Å². The van der Waals surface area contributed by atoms with Gasteiger partial charge in [0.25, 0.3) is 0 Å². The molecule has 0 aliphatic heterocycles. The highest BCUT2D eigenvalue weighted by Gasteiger charge is 2.07.